The standard InChI is InChI=1S/C11H17NO6/c1-11(2,3)18-10(16)12-6-5-17-8(9(14)15)4-7(6)13/h6,8H,4-5H2,1-3H3,(H,12,16)(H,14,15)/t6-,8-/m0/s1. The van der Waals surface area contributed by atoms with E-state index >= 15 is 0 Å². The van der Waals surface area contributed by atoms with E-state index in [-0.39, 0.29) is 18.8 Å². The maximum atomic E-state index is 11.6. The van der Waals surface area contributed by atoms with Crippen molar-refractivity contribution in [3.8, 4) is 0 Å². The van der Waals surface area contributed by atoms with Gasteiger partial charge in [-0.1, -0.05) is 0 Å². The van der Waals surface area contributed by atoms with Gasteiger partial charge in [0.15, 0.2) is 11.9 Å². The Kier molecular flexibility index (Phi) is 4.28. The van der Waals surface area contributed by atoms with Crippen LogP contribution in [0.25, 0.3) is 0 Å². The summed E-state index contributed by atoms with van der Waals surface area (Å²) in [4.78, 5) is 33.7. The Balaban J connectivity index is 2.48. The van der Waals surface area contributed by atoms with Crippen molar-refractivity contribution >= 4 is 17.8 Å². The first kappa shape index (κ1) is 14.4. The fourth-order valence-corrected chi connectivity index (χ4v) is 1.42. The Bertz CT molecular complexity index is 359. The predicted molar refractivity (Wildman–Crippen MR) is 60.2 cm³/mol. The van der Waals surface area contributed by atoms with Gasteiger partial charge in [-0.3, -0.25) is 4.79 Å². The van der Waals surface area contributed by atoms with Crippen molar-refractivity contribution in [1.82, 2.24) is 5.32 Å². The van der Waals surface area contributed by atoms with Crippen LogP contribution in [0, 0.1) is 0 Å². The second kappa shape index (κ2) is 5.34. The Morgan fingerprint density at radius 2 is 2.06 bits per heavy atom. The molecule has 102 valence electrons. The molecule has 0 aromatic carbocycles. The second-order valence-electron chi connectivity index (χ2n) is 5.03. The van der Waals surface area contributed by atoms with Gasteiger partial charge in [0.05, 0.1) is 6.61 Å². The van der Waals surface area contributed by atoms with Crippen LogP contribution in [0.15, 0.2) is 0 Å². The summed E-state index contributed by atoms with van der Waals surface area (Å²) in [5, 5.41) is 11.0. The number of rotatable bonds is 2. The first-order valence-corrected chi connectivity index (χ1v) is 5.55. The van der Waals surface area contributed by atoms with Crippen LogP contribution in [-0.2, 0) is 19.1 Å². The molecule has 0 radical (unpaired) electrons. The highest BCUT2D eigenvalue weighted by atomic mass is 16.6. The van der Waals surface area contributed by atoms with E-state index in [1.807, 2.05) is 0 Å². The van der Waals surface area contributed by atoms with Gasteiger partial charge in [-0.25, -0.2) is 9.59 Å². The van der Waals surface area contributed by atoms with E-state index in [1.165, 1.54) is 0 Å². The highest BCUT2D eigenvalue weighted by Crippen LogP contribution is 2.12. The number of carboxylic acids is 1. The molecule has 0 bridgehead atoms. The van der Waals surface area contributed by atoms with Crippen molar-refractivity contribution in [3.05, 3.63) is 0 Å². The van der Waals surface area contributed by atoms with E-state index in [0.717, 1.165) is 0 Å². The zero-order valence-electron chi connectivity index (χ0n) is 10.6. The summed E-state index contributed by atoms with van der Waals surface area (Å²) in [5.41, 5.74) is -0.660. The van der Waals surface area contributed by atoms with Gasteiger partial charge in [-0.2, -0.15) is 0 Å². The van der Waals surface area contributed by atoms with Crippen LogP contribution in [-0.4, -0.2) is 47.3 Å². The summed E-state index contributed by atoms with van der Waals surface area (Å²) >= 11 is 0. The molecule has 2 atom stereocenters. The zero-order valence-corrected chi connectivity index (χ0v) is 10.6. The number of Topliss-reactive ketones (excluding diaryl/α,β-unsaturated/α-hetero) is 1. The van der Waals surface area contributed by atoms with E-state index < -0.39 is 29.8 Å². The number of hydrogen-bond acceptors (Lipinski definition) is 5. The molecule has 0 aliphatic carbocycles. The third kappa shape index (κ3) is 4.33. The topological polar surface area (TPSA) is 102 Å². The van der Waals surface area contributed by atoms with Crippen LogP contribution in [0.3, 0.4) is 0 Å². The second-order valence-corrected chi connectivity index (χ2v) is 5.03. The lowest BCUT2D eigenvalue weighted by Crippen LogP contribution is -2.51. The van der Waals surface area contributed by atoms with E-state index in [2.05, 4.69) is 5.32 Å². The maximum absolute atomic E-state index is 11.6. The molecule has 1 rings (SSSR count). The lowest BCUT2D eigenvalue weighted by atomic mass is 10.0. The van der Waals surface area contributed by atoms with Crippen LogP contribution in [0.2, 0.25) is 0 Å². The number of carbonyl (C=O) groups is 3. The molecule has 7 nitrogen and oxygen atoms in total. The Hall–Kier alpha value is -1.63. The molecule has 1 aliphatic rings. The lowest BCUT2D eigenvalue weighted by molar-refractivity contribution is -0.158. The molecular weight excluding hydrogens is 242 g/mol. The third-order valence-electron chi connectivity index (χ3n) is 2.21. The number of aliphatic carboxylic acids is 1. The molecule has 1 saturated heterocycles. The minimum absolute atomic E-state index is 0.158. The molecule has 0 aromatic rings. The van der Waals surface area contributed by atoms with Gasteiger partial charge in [0.25, 0.3) is 0 Å². The van der Waals surface area contributed by atoms with Gasteiger partial charge < -0.3 is 19.9 Å². The zero-order chi connectivity index (χ0) is 13.9. The Morgan fingerprint density at radius 3 is 2.50 bits per heavy atom. The summed E-state index contributed by atoms with van der Waals surface area (Å²) in [6.45, 7) is 4.94. The summed E-state index contributed by atoms with van der Waals surface area (Å²) in [6, 6.07) is -0.851. The van der Waals surface area contributed by atoms with Gasteiger partial charge in [-0.05, 0) is 20.8 Å². The fraction of sp³-hybridized carbons (Fsp3) is 0.727. The van der Waals surface area contributed by atoms with E-state index in [0.29, 0.717) is 0 Å². The number of carboxylic acid groups (broad SMARTS) is 1. The molecule has 0 unspecified atom stereocenters. The molecule has 0 aromatic heterocycles. The average molecular weight is 259 g/mol. The highest BCUT2D eigenvalue weighted by molar-refractivity contribution is 5.92. The minimum atomic E-state index is -1.18. The van der Waals surface area contributed by atoms with Crippen LogP contribution < -0.4 is 5.32 Å². The summed E-state index contributed by atoms with van der Waals surface area (Å²) < 4.78 is 9.95. The first-order chi connectivity index (χ1) is 8.19. The van der Waals surface area contributed by atoms with Crippen molar-refractivity contribution in [2.24, 2.45) is 0 Å². The molecule has 1 heterocycles. The van der Waals surface area contributed by atoms with Crippen LogP contribution in [0.5, 0.6) is 0 Å². The molecule has 1 aliphatic heterocycles. The van der Waals surface area contributed by atoms with Gasteiger partial charge in [0.2, 0.25) is 0 Å². The summed E-state index contributed by atoms with van der Waals surface area (Å²) in [5.74, 6) is -1.56. The number of amides is 1. The number of hydrogen-bond donors (Lipinski definition) is 2. The molecule has 2 N–H and O–H groups in total. The number of alkyl carbamates (subject to hydrolysis) is 1. The van der Waals surface area contributed by atoms with Crippen molar-refractivity contribution in [1.29, 1.82) is 0 Å². The van der Waals surface area contributed by atoms with Gasteiger partial charge >= 0.3 is 12.1 Å². The summed E-state index contributed by atoms with van der Waals surface area (Å²) in [6.07, 6.45) is -2.11. The molecule has 1 fully saturated rings. The van der Waals surface area contributed by atoms with Crippen molar-refractivity contribution in [2.75, 3.05) is 6.61 Å². The number of ketones is 1. The molecule has 1 amide bonds. The molecule has 0 saturated carbocycles. The third-order valence-corrected chi connectivity index (χ3v) is 2.21. The minimum Gasteiger partial charge on any atom is -0.479 e. The van der Waals surface area contributed by atoms with Crippen LogP contribution in [0.4, 0.5) is 4.79 Å². The van der Waals surface area contributed by atoms with Gasteiger partial charge in [0.1, 0.15) is 11.6 Å². The van der Waals surface area contributed by atoms with E-state index in [1.54, 1.807) is 20.8 Å². The van der Waals surface area contributed by atoms with Crippen molar-refractivity contribution in [3.63, 3.8) is 0 Å². The highest BCUT2D eigenvalue weighted by Gasteiger charge is 2.34. The lowest BCUT2D eigenvalue weighted by Gasteiger charge is -2.27. The van der Waals surface area contributed by atoms with Crippen molar-refractivity contribution < 1.29 is 29.0 Å². The number of ether oxygens (including phenoxy) is 2. The Morgan fingerprint density at radius 1 is 1.44 bits per heavy atom. The largest absolute Gasteiger partial charge is 0.479 e. The fourth-order valence-electron chi connectivity index (χ4n) is 1.42. The van der Waals surface area contributed by atoms with Gasteiger partial charge in [0, 0.05) is 6.42 Å². The first-order valence-electron chi connectivity index (χ1n) is 5.55. The van der Waals surface area contributed by atoms with E-state index in [9.17, 15) is 14.4 Å². The van der Waals surface area contributed by atoms with Crippen molar-refractivity contribution in [2.45, 2.75) is 44.9 Å². The SMILES string of the molecule is CC(C)(C)OC(=O)N[C@H]1CO[C@H](C(=O)O)CC1=O. The Labute approximate surface area is 104 Å². The van der Waals surface area contributed by atoms with Crippen LogP contribution in [0.1, 0.15) is 27.2 Å². The quantitative estimate of drug-likeness (QED) is 0.740. The number of nitrogens with one attached hydrogen (secondary N) is 1. The smallest absolute Gasteiger partial charge is 0.408 e. The monoisotopic (exact) mass is 259 g/mol. The molecule has 18 heavy (non-hydrogen) atoms. The normalized spacial score (nSPS) is 24.5. The maximum Gasteiger partial charge on any atom is 0.408 e. The van der Waals surface area contributed by atoms with E-state index in [4.69, 9.17) is 14.6 Å². The van der Waals surface area contributed by atoms with Gasteiger partial charge in [-0.15, -0.1) is 0 Å². The number of carbonyl (C=O) groups excluding carboxylic acids is 2. The molecular formula is C11H17NO6. The van der Waals surface area contributed by atoms with Crippen LogP contribution >= 0.6 is 0 Å². The summed E-state index contributed by atoms with van der Waals surface area (Å²) in [7, 11) is 0. The molecule has 0 spiro atoms. The predicted octanol–water partition coefficient (Wildman–Crippen LogP) is 0.322. The molecule has 7 heteroatoms. The average Bonchev–Trinajstić information content (AvgIpc) is 2.17.